The second-order valence-electron chi connectivity index (χ2n) is 5.80. The summed E-state index contributed by atoms with van der Waals surface area (Å²) in [5, 5.41) is 9.63. The molecule has 1 fully saturated rings. The van der Waals surface area contributed by atoms with Crippen molar-refractivity contribution in [2.45, 2.75) is 11.9 Å². The van der Waals surface area contributed by atoms with E-state index < -0.39 is 5.79 Å². The van der Waals surface area contributed by atoms with E-state index in [2.05, 4.69) is 21.1 Å². The van der Waals surface area contributed by atoms with Crippen LogP contribution in [0.3, 0.4) is 0 Å². The molecule has 0 bridgehead atoms. The molecule has 0 aliphatic carbocycles. The van der Waals surface area contributed by atoms with E-state index in [9.17, 15) is 5.11 Å². The predicted molar refractivity (Wildman–Crippen MR) is 68.9 cm³/mol. The van der Waals surface area contributed by atoms with Gasteiger partial charge in [-0.2, -0.15) is 0 Å². The van der Waals surface area contributed by atoms with Gasteiger partial charge >= 0.3 is 0 Å². The van der Waals surface area contributed by atoms with E-state index in [-0.39, 0.29) is 12.7 Å². The minimum absolute atomic E-state index is 0.0114. The number of nitrogens with zero attached hydrogens (tertiary/aromatic N) is 1. The van der Waals surface area contributed by atoms with Gasteiger partial charge in [0, 0.05) is 5.56 Å². The molecule has 0 aromatic heterocycles. The van der Waals surface area contributed by atoms with Crippen molar-refractivity contribution in [2.24, 2.45) is 0 Å². The van der Waals surface area contributed by atoms with Crippen LogP contribution in [-0.2, 0) is 15.3 Å². The van der Waals surface area contributed by atoms with E-state index in [0.717, 1.165) is 16.6 Å². The largest absolute Gasteiger partial charge is 0.390 e. The van der Waals surface area contributed by atoms with Crippen molar-refractivity contribution < 1.29 is 19.1 Å². The van der Waals surface area contributed by atoms with E-state index >= 15 is 0 Å². The molecule has 4 nitrogen and oxygen atoms in total. The standard InChI is InChI=1S/C14H22NO3/c1-15(2,3)9-13-10-17-14(11-16,18-13)12-7-5-4-6-8-12/h4-8,13,16H,9-11H2,1-3H3/q+1/t13-,14-/m1/s1. The van der Waals surface area contributed by atoms with Crippen molar-refractivity contribution in [2.75, 3.05) is 40.9 Å². The highest BCUT2D eigenvalue weighted by Gasteiger charge is 2.44. The van der Waals surface area contributed by atoms with Gasteiger partial charge in [-0.3, -0.25) is 0 Å². The molecular weight excluding hydrogens is 230 g/mol. The minimum Gasteiger partial charge on any atom is -0.390 e. The highest BCUT2D eigenvalue weighted by Crippen LogP contribution is 2.34. The van der Waals surface area contributed by atoms with Crippen LogP contribution < -0.4 is 0 Å². The first kappa shape index (κ1) is 13.5. The van der Waals surface area contributed by atoms with Crippen molar-refractivity contribution in [3.8, 4) is 0 Å². The number of ether oxygens (including phenoxy) is 2. The zero-order valence-corrected chi connectivity index (χ0v) is 11.3. The van der Waals surface area contributed by atoms with Crippen molar-refractivity contribution in [1.82, 2.24) is 0 Å². The molecule has 1 N–H and O–H groups in total. The number of aliphatic hydroxyl groups excluding tert-OH is 1. The molecular formula is C14H22NO3+. The Morgan fingerprint density at radius 1 is 1.28 bits per heavy atom. The summed E-state index contributed by atoms with van der Waals surface area (Å²) in [4.78, 5) is 0. The third kappa shape index (κ3) is 2.90. The molecule has 4 heteroatoms. The van der Waals surface area contributed by atoms with Gasteiger partial charge < -0.3 is 19.1 Å². The molecule has 0 unspecified atom stereocenters. The molecule has 1 saturated heterocycles. The molecule has 1 aromatic rings. The van der Waals surface area contributed by atoms with E-state index in [0.29, 0.717) is 6.61 Å². The summed E-state index contributed by atoms with van der Waals surface area (Å²) >= 11 is 0. The molecule has 1 heterocycles. The molecule has 0 saturated carbocycles. The van der Waals surface area contributed by atoms with Crippen LogP contribution in [0.4, 0.5) is 0 Å². The SMILES string of the molecule is C[N+](C)(C)C[C@@H]1CO[C@@](CO)(c2ccccc2)O1. The van der Waals surface area contributed by atoms with Gasteiger partial charge in [-0.15, -0.1) is 0 Å². The van der Waals surface area contributed by atoms with Crippen LogP contribution in [0.2, 0.25) is 0 Å². The van der Waals surface area contributed by atoms with Gasteiger partial charge in [0.25, 0.3) is 0 Å². The Hall–Kier alpha value is -0.940. The first-order valence-electron chi connectivity index (χ1n) is 6.24. The monoisotopic (exact) mass is 252 g/mol. The Balaban J connectivity index is 2.13. The summed E-state index contributed by atoms with van der Waals surface area (Å²) in [6, 6.07) is 9.63. The number of hydrogen-bond donors (Lipinski definition) is 1. The van der Waals surface area contributed by atoms with Gasteiger partial charge in [0.2, 0.25) is 5.79 Å². The van der Waals surface area contributed by atoms with Crippen molar-refractivity contribution in [3.63, 3.8) is 0 Å². The quantitative estimate of drug-likeness (QED) is 0.811. The fraction of sp³-hybridized carbons (Fsp3) is 0.571. The van der Waals surface area contributed by atoms with Crippen LogP contribution >= 0.6 is 0 Å². The summed E-state index contributed by atoms with van der Waals surface area (Å²) in [5.41, 5.74) is 0.872. The van der Waals surface area contributed by atoms with E-state index in [1.54, 1.807) is 0 Å². The highest BCUT2D eigenvalue weighted by molar-refractivity contribution is 5.21. The summed E-state index contributed by atoms with van der Waals surface area (Å²) in [5.74, 6) is -0.985. The number of hydrogen-bond acceptors (Lipinski definition) is 3. The molecule has 0 spiro atoms. The van der Waals surface area contributed by atoms with Crippen LogP contribution in [0.5, 0.6) is 0 Å². The topological polar surface area (TPSA) is 38.7 Å². The number of aliphatic hydroxyl groups is 1. The van der Waals surface area contributed by atoms with Gasteiger partial charge in [0.1, 0.15) is 19.3 Å². The third-order valence-corrected chi connectivity index (χ3v) is 3.03. The summed E-state index contributed by atoms with van der Waals surface area (Å²) < 4.78 is 12.5. The minimum atomic E-state index is -0.985. The fourth-order valence-corrected chi connectivity index (χ4v) is 2.28. The third-order valence-electron chi connectivity index (χ3n) is 3.03. The highest BCUT2D eigenvalue weighted by atomic mass is 16.8. The maximum atomic E-state index is 9.63. The summed E-state index contributed by atoms with van der Waals surface area (Å²) in [7, 11) is 6.35. The van der Waals surface area contributed by atoms with Gasteiger partial charge in [-0.1, -0.05) is 30.3 Å². The Labute approximate surface area is 108 Å². The Kier molecular flexibility index (Phi) is 3.73. The van der Waals surface area contributed by atoms with Crippen LogP contribution in [-0.4, -0.2) is 56.6 Å². The summed E-state index contributed by atoms with van der Waals surface area (Å²) in [6.45, 7) is 1.21. The first-order chi connectivity index (χ1) is 8.45. The molecule has 1 aromatic carbocycles. The lowest BCUT2D eigenvalue weighted by molar-refractivity contribution is -0.873. The number of benzene rings is 1. The molecule has 2 rings (SSSR count). The van der Waals surface area contributed by atoms with E-state index in [1.165, 1.54) is 0 Å². The van der Waals surface area contributed by atoms with Crippen LogP contribution in [0.1, 0.15) is 5.56 Å². The second kappa shape index (κ2) is 4.97. The van der Waals surface area contributed by atoms with Crippen LogP contribution in [0.25, 0.3) is 0 Å². The van der Waals surface area contributed by atoms with Gasteiger partial charge in [0.05, 0.1) is 27.7 Å². The van der Waals surface area contributed by atoms with Crippen LogP contribution in [0.15, 0.2) is 30.3 Å². The lowest BCUT2D eigenvalue weighted by atomic mass is 10.1. The molecule has 100 valence electrons. The average molecular weight is 252 g/mol. The van der Waals surface area contributed by atoms with Crippen molar-refractivity contribution >= 4 is 0 Å². The normalized spacial score (nSPS) is 28.6. The van der Waals surface area contributed by atoms with Gasteiger partial charge in [-0.05, 0) is 0 Å². The molecule has 0 amide bonds. The Morgan fingerprint density at radius 3 is 2.50 bits per heavy atom. The maximum Gasteiger partial charge on any atom is 0.219 e. The smallest absolute Gasteiger partial charge is 0.219 e. The van der Waals surface area contributed by atoms with Gasteiger partial charge in [0.15, 0.2) is 0 Å². The average Bonchev–Trinajstić information content (AvgIpc) is 2.72. The Morgan fingerprint density at radius 2 is 1.94 bits per heavy atom. The van der Waals surface area contributed by atoms with E-state index in [1.807, 2.05) is 30.3 Å². The molecule has 0 radical (unpaired) electrons. The first-order valence-corrected chi connectivity index (χ1v) is 6.24. The predicted octanol–water partition coefficient (Wildman–Crippen LogP) is 0.953. The molecule has 1 aliphatic heterocycles. The van der Waals surface area contributed by atoms with Crippen LogP contribution in [0, 0.1) is 0 Å². The lowest BCUT2D eigenvalue weighted by Gasteiger charge is -2.29. The zero-order valence-electron chi connectivity index (χ0n) is 11.3. The molecule has 2 atom stereocenters. The fourth-order valence-electron chi connectivity index (χ4n) is 2.28. The zero-order chi connectivity index (χ0) is 13.2. The Bertz CT molecular complexity index is 388. The number of quaternary nitrogens is 1. The molecule has 18 heavy (non-hydrogen) atoms. The maximum absolute atomic E-state index is 9.63. The van der Waals surface area contributed by atoms with Gasteiger partial charge in [-0.25, -0.2) is 0 Å². The van der Waals surface area contributed by atoms with Crippen molar-refractivity contribution in [1.29, 1.82) is 0 Å². The number of likely N-dealkylation sites (N-methyl/N-ethyl adjacent to an activating group) is 1. The lowest BCUT2D eigenvalue weighted by Crippen LogP contribution is -2.43. The molecule has 1 aliphatic rings. The summed E-state index contributed by atoms with van der Waals surface area (Å²) in [6.07, 6.45) is 0.0114. The number of rotatable bonds is 4. The van der Waals surface area contributed by atoms with E-state index in [4.69, 9.17) is 9.47 Å². The second-order valence-corrected chi connectivity index (χ2v) is 5.80. The van der Waals surface area contributed by atoms with Crippen molar-refractivity contribution in [3.05, 3.63) is 35.9 Å².